The number of hydrogen-bond donors (Lipinski definition) is 1. The summed E-state index contributed by atoms with van der Waals surface area (Å²) in [6.45, 7) is 4.96. The summed E-state index contributed by atoms with van der Waals surface area (Å²) in [6.07, 6.45) is -0.535. The number of rotatable bonds is 11. The van der Waals surface area contributed by atoms with E-state index >= 15 is 0 Å². The van der Waals surface area contributed by atoms with Gasteiger partial charge in [0.1, 0.15) is 10.6 Å². The van der Waals surface area contributed by atoms with Crippen LogP contribution in [0.2, 0.25) is 0 Å². The van der Waals surface area contributed by atoms with Gasteiger partial charge < -0.3 is 14.7 Å². The Bertz CT molecular complexity index is 1080. The van der Waals surface area contributed by atoms with Crippen molar-refractivity contribution in [2.45, 2.75) is 50.6 Å². The van der Waals surface area contributed by atoms with Gasteiger partial charge in [-0.15, -0.1) is 0 Å². The van der Waals surface area contributed by atoms with Crippen LogP contribution in [0.4, 0.5) is 18.9 Å². The molecule has 33 heavy (non-hydrogen) atoms. The number of carboxylic acids is 1. The van der Waals surface area contributed by atoms with Gasteiger partial charge in [-0.25, -0.2) is 13.2 Å². The van der Waals surface area contributed by atoms with E-state index in [1.54, 1.807) is 0 Å². The number of anilines is 1. The molecule has 0 spiro atoms. The molecule has 6 nitrogen and oxygen atoms in total. The number of hydrogen-bond acceptors (Lipinski definition) is 5. The number of sulfone groups is 1. The molecule has 0 heterocycles. The molecule has 0 aliphatic heterocycles. The second-order valence-electron chi connectivity index (χ2n) is 7.72. The summed E-state index contributed by atoms with van der Waals surface area (Å²) >= 11 is 0. The number of ether oxygens (including phenoxy) is 1. The van der Waals surface area contributed by atoms with Gasteiger partial charge in [0.05, 0.1) is 16.8 Å². The van der Waals surface area contributed by atoms with Crippen LogP contribution in [0.5, 0.6) is 11.5 Å². The van der Waals surface area contributed by atoms with Crippen LogP contribution in [0, 0.1) is 0 Å². The second-order valence-corrected chi connectivity index (χ2v) is 9.71. The van der Waals surface area contributed by atoms with Crippen molar-refractivity contribution in [1.29, 1.82) is 0 Å². The van der Waals surface area contributed by atoms with E-state index < -0.39 is 32.4 Å². The van der Waals surface area contributed by atoms with Crippen LogP contribution in [0.1, 0.15) is 55.5 Å². The lowest BCUT2D eigenvalue weighted by Crippen LogP contribution is -2.27. The molecule has 0 aliphatic rings. The van der Waals surface area contributed by atoms with Crippen molar-refractivity contribution >= 4 is 21.5 Å². The van der Waals surface area contributed by atoms with Gasteiger partial charge in [-0.05, 0) is 43.2 Å². The first kappa shape index (κ1) is 26.5. The van der Waals surface area contributed by atoms with Crippen molar-refractivity contribution in [3.8, 4) is 11.5 Å². The number of aromatic carboxylic acids is 1. The van der Waals surface area contributed by atoms with Crippen molar-refractivity contribution in [2.75, 3.05) is 24.2 Å². The molecule has 0 bridgehead atoms. The van der Waals surface area contributed by atoms with Crippen LogP contribution < -0.4 is 9.64 Å². The van der Waals surface area contributed by atoms with E-state index in [1.165, 1.54) is 12.1 Å². The molecule has 0 saturated heterocycles. The molecule has 0 unspecified atom stereocenters. The molecule has 2 aromatic rings. The van der Waals surface area contributed by atoms with Crippen molar-refractivity contribution in [3.63, 3.8) is 0 Å². The minimum Gasteiger partial charge on any atom is -0.478 e. The van der Waals surface area contributed by atoms with Crippen LogP contribution in [0.25, 0.3) is 0 Å². The Morgan fingerprint density at radius 1 is 1.06 bits per heavy atom. The fraction of sp³-hybridized carbons (Fsp3) is 0.435. The Morgan fingerprint density at radius 2 is 1.67 bits per heavy atom. The molecule has 0 atom stereocenters. The van der Waals surface area contributed by atoms with E-state index in [9.17, 15) is 31.5 Å². The molecule has 0 radical (unpaired) electrons. The van der Waals surface area contributed by atoms with Gasteiger partial charge in [-0.1, -0.05) is 32.8 Å². The molecule has 0 fully saturated rings. The number of unbranched alkanes of at least 4 members (excludes halogenated alkanes) is 2. The standard InChI is InChI=1S/C23H28F3NO5S/c1-4-6-11-27(12-7-5-2)19-13-16(22(28)29)14-20(33(3,30)31)21(19)32-18-10-8-9-17(15-18)23(24,25)26/h8-10,13-15H,4-7,11-12H2,1-3H3,(H,28,29). The van der Waals surface area contributed by atoms with Gasteiger partial charge in [0.25, 0.3) is 0 Å². The highest BCUT2D eigenvalue weighted by atomic mass is 32.2. The average molecular weight is 488 g/mol. The average Bonchev–Trinajstić information content (AvgIpc) is 2.73. The van der Waals surface area contributed by atoms with E-state index in [0.29, 0.717) is 13.1 Å². The molecular weight excluding hydrogens is 459 g/mol. The zero-order chi connectivity index (χ0) is 24.8. The quantitative estimate of drug-likeness (QED) is 0.418. The lowest BCUT2D eigenvalue weighted by atomic mass is 10.1. The number of nitrogens with zero attached hydrogens (tertiary/aromatic N) is 1. The monoisotopic (exact) mass is 487 g/mol. The lowest BCUT2D eigenvalue weighted by Gasteiger charge is -2.28. The Labute approximate surface area is 191 Å². The second kappa shape index (κ2) is 10.9. The maximum atomic E-state index is 13.2. The maximum Gasteiger partial charge on any atom is 0.416 e. The highest BCUT2D eigenvalue weighted by Gasteiger charge is 2.31. The van der Waals surface area contributed by atoms with Gasteiger partial charge in [0, 0.05) is 19.3 Å². The van der Waals surface area contributed by atoms with Crippen LogP contribution in [-0.2, 0) is 16.0 Å². The number of carboxylic acid groups (broad SMARTS) is 1. The number of carbonyl (C=O) groups is 1. The summed E-state index contributed by atoms with van der Waals surface area (Å²) in [6, 6.07) is 6.40. The van der Waals surface area contributed by atoms with Gasteiger partial charge >= 0.3 is 12.1 Å². The predicted octanol–water partition coefficient (Wildman–Crippen LogP) is 6.01. The summed E-state index contributed by atoms with van der Waals surface area (Å²) in [5.41, 5.74) is -0.979. The molecule has 0 aromatic heterocycles. The van der Waals surface area contributed by atoms with Crippen LogP contribution in [0.3, 0.4) is 0 Å². The molecule has 10 heteroatoms. The van der Waals surface area contributed by atoms with Gasteiger partial charge in [-0.3, -0.25) is 0 Å². The van der Waals surface area contributed by atoms with Crippen LogP contribution in [-0.4, -0.2) is 38.8 Å². The minimum absolute atomic E-state index is 0.186. The third kappa shape index (κ3) is 7.12. The molecular formula is C23H28F3NO5S. The molecule has 1 N–H and O–H groups in total. The highest BCUT2D eigenvalue weighted by Crippen LogP contribution is 2.41. The van der Waals surface area contributed by atoms with Crippen molar-refractivity contribution in [1.82, 2.24) is 0 Å². The predicted molar refractivity (Wildman–Crippen MR) is 120 cm³/mol. The fourth-order valence-corrected chi connectivity index (χ4v) is 4.05. The number of halogens is 3. The smallest absolute Gasteiger partial charge is 0.416 e. The third-order valence-corrected chi connectivity index (χ3v) is 6.07. The van der Waals surface area contributed by atoms with Gasteiger partial charge in [0.15, 0.2) is 15.6 Å². The maximum absolute atomic E-state index is 13.2. The topological polar surface area (TPSA) is 83.9 Å². The van der Waals surface area contributed by atoms with Crippen molar-refractivity contribution < 1.29 is 36.2 Å². The summed E-state index contributed by atoms with van der Waals surface area (Å²) < 4.78 is 70.5. The highest BCUT2D eigenvalue weighted by molar-refractivity contribution is 7.90. The summed E-state index contributed by atoms with van der Waals surface area (Å²) in [7, 11) is -3.98. The largest absolute Gasteiger partial charge is 0.478 e. The Balaban J connectivity index is 2.75. The molecule has 0 aliphatic carbocycles. The first-order valence-electron chi connectivity index (χ1n) is 10.6. The lowest BCUT2D eigenvalue weighted by molar-refractivity contribution is -0.137. The first-order chi connectivity index (χ1) is 15.4. The van der Waals surface area contributed by atoms with E-state index in [4.69, 9.17) is 4.74 Å². The zero-order valence-corrected chi connectivity index (χ0v) is 19.6. The Hall–Kier alpha value is -2.75. The minimum atomic E-state index is -4.61. The molecule has 182 valence electrons. The summed E-state index contributed by atoms with van der Waals surface area (Å²) in [4.78, 5) is 13.2. The van der Waals surface area contributed by atoms with Crippen molar-refractivity contribution in [3.05, 3.63) is 47.5 Å². The SMILES string of the molecule is CCCCN(CCCC)c1cc(C(=O)O)cc(S(C)(=O)=O)c1Oc1cccc(C(F)(F)F)c1. The Kier molecular flexibility index (Phi) is 8.76. The van der Waals surface area contributed by atoms with E-state index in [-0.39, 0.29) is 22.7 Å². The first-order valence-corrected chi connectivity index (χ1v) is 12.5. The molecule has 0 amide bonds. The third-order valence-electron chi connectivity index (χ3n) is 4.97. The number of alkyl halides is 3. The van der Waals surface area contributed by atoms with Gasteiger partial charge in [0.2, 0.25) is 0 Å². The van der Waals surface area contributed by atoms with E-state index in [2.05, 4.69) is 0 Å². The normalized spacial score (nSPS) is 11.9. The fourth-order valence-electron chi connectivity index (χ4n) is 3.23. The summed E-state index contributed by atoms with van der Waals surface area (Å²) in [5.74, 6) is -1.71. The molecule has 2 rings (SSSR count). The molecule has 2 aromatic carbocycles. The zero-order valence-electron chi connectivity index (χ0n) is 18.8. The van der Waals surface area contributed by atoms with Crippen molar-refractivity contribution in [2.24, 2.45) is 0 Å². The Morgan fingerprint density at radius 3 is 2.15 bits per heavy atom. The molecule has 0 saturated carbocycles. The van der Waals surface area contributed by atoms with Gasteiger partial charge in [-0.2, -0.15) is 13.2 Å². The van der Waals surface area contributed by atoms with E-state index in [1.807, 2.05) is 18.7 Å². The summed E-state index contributed by atoms with van der Waals surface area (Å²) in [5, 5.41) is 9.56. The van der Waals surface area contributed by atoms with E-state index in [0.717, 1.165) is 56.2 Å². The van der Waals surface area contributed by atoms with Crippen LogP contribution in [0.15, 0.2) is 41.3 Å². The van der Waals surface area contributed by atoms with Crippen LogP contribution >= 0.6 is 0 Å². The number of benzene rings is 2.